The molecule has 0 aromatic heterocycles. The van der Waals surface area contributed by atoms with Gasteiger partial charge in [-0.2, -0.15) is 0 Å². The lowest BCUT2D eigenvalue weighted by atomic mass is 10.1. The van der Waals surface area contributed by atoms with Crippen LogP contribution in [0, 0.1) is 5.92 Å². The molecule has 0 spiro atoms. The summed E-state index contributed by atoms with van der Waals surface area (Å²) in [5.74, 6) is 0.613. The number of piperazine rings is 1. The third kappa shape index (κ3) is 3.28. The third-order valence-corrected chi connectivity index (χ3v) is 4.81. The van der Waals surface area contributed by atoms with Crippen LogP contribution in [0.5, 0.6) is 0 Å². The second-order valence-corrected chi connectivity index (χ2v) is 6.28. The zero-order chi connectivity index (χ0) is 14.8. The van der Waals surface area contributed by atoms with E-state index in [1.807, 2.05) is 34.1 Å². The van der Waals surface area contributed by atoms with Gasteiger partial charge < -0.3 is 9.80 Å². The van der Waals surface area contributed by atoms with Crippen molar-refractivity contribution in [2.75, 3.05) is 26.2 Å². The number of benzene rings is 1. The van der Waals surface area contributed by atoms with Gasteiger partial charge in [-0.05, 0) is 30.5 Å². The molecule has 0 N–H and O–H groups in total. The van der Waals surface area contributed by atoms with Crippen molar-refractivity contribution in [1.29, 1.82) is 0 Å². The third-order valence-electron chi connectivity index (χ3n) is 4.16. The Morgan fingerprint density at radius 1 is 1.00 bits per heavy atom. The molecule has 1 aliphatic carbocycles. The van der Waals surface area contributed by atoms with E-state index in [9.17, 15) is 9.59 Å². The number of carbonyl (C=O) groups excluding carboxylic acids is 2. The van der Waals surface area contributed by atoms with Crippen molar-refractivity contribution in [3.8, 4) is 0 Å². The van der Waals surface area contributed by atoms with E-state index in [0.29, 0.717) is 26.2 Å². The Morgan fingerprint density at radius 2 is 1.57 bits per heavy atom. The SMILES string of the molecule is O=C(c1ccc(CBr)cc1)N1CCN(C(=O)C2CC2)CC1. The standard InChI is InChI=1S/C16H19BrN2O2/c17-11-12-1-3-13(4-2-12)15(20)18-7-9-19(10-8-18)16(21)14-5-6-14/h1-4,14H,5-11H2. The lowest BCUT2D eigenvalue weighted by Crippen LogP contribution is -2.51. The van der Waals surface area contributed by atoms with E-state index < -0.39 is 0 Å². The van der Waals surface area contributed by atoms with Gasteiger partial charge in [-0.25, -0.2) is 0 Å². The fraction of sp³-hybridized carbons (Fsp3) is 0.500. The molecule has 0 radical (unpaired) electrons. The van der Waals surface area contributed by atoms with Crippen molar-refractivity contribution >= 4 is 27.7 Å². The highest BCUT2D eigenvalue weighted by Crippen LogP contribution is 2.31. The summed E-state index contributed by atoms with van der Waals surface area (Å²) < 4.78 is 0. The molecule has 5 heteroatoms. The Labute approximate surface area is 133 Å². The molecule has 3 rings (SSSR count). The fourth-order valence-corrected chi connectivity index (χ4v) is 3.01. The van der Waals surface area contributed by atoms with Gasteiger partial charge in [0.25, 0.3) is 5.91 Å². The molecule has 4 nitrogen and oxygen atoms in total. The van der Waals surface area contributed by atoms with Gasteiger partial charge in [0.2, 0.25) is 5.91 Å². The molecule has 21 heavy (non-hydrogen) atoms. The minimum absolute atomic E-state index is 0.0645. The van der Waals surface area contributed by atoms with Gasteiger partial charge >= 0.3 is 0 Å². The van der Waals surface area contributed by atoms with E-state index in [1.165, 1.54) is 0 Å². The molecule has 1 aromatic carbocycles. The van der Waals surface area contributed by atoms with Crippen molar-refractivity contribution in [1.82, 2.24) is 9.80 Å². The van der Waals surface area contributed by atoms with Crippen LogP contribution in [0.3, 0.4) is 0 Å². The molecule has 1 heterocycles. The lowest BCUT2D eigenvalue weighted by molar-refractivity contribution is -0.134. The van der Waals surface area contributed by atoms with Crippen LogP contribution >= 0.6 is 15.9 Å². The number of carbonyl (C=O) groups is 2. The summed E-state index contributed by atoms with van der Waals surface area (Å²) in [5, 5.41) is 0.795. The number of rotatable bonds is 3. The number of amides is 2. The van der Waals surface area contributed by atoms with Crippen LogP contribution in [0.1, 0.15) is 28.8 Å². The molecule has 0 bridgehead atoms. The molecule has 1 saturated carbocycles. The molecule has 0 unspecified atom stereocenters. The largest absolute Gasteiger partial charge is 0.339 e. The van der Waals surface area contributed by atoms with Gasteiger partial charge in [-0.15, -0.1) is 0 Å². The van der Waals surface area contributed by atoms with E-state index in [1.54, 1.807) is 0 Å². The summed E-state index contributed by atoms with van der Waals surface area (Å²) in [7, 11) is 0. The molecular weight excluding hydrogens is 332 g/mol. The molecule has 1 saturated heterocycles. The Hall–Kier alpha value is -1.36. The first-order chi connectivity index (χ1) is 10.2. The number of alkyl halides is 1. The average Bonchev–Trinajstić information content (AvgIpc) is 3.39. The normalized spacial score (nSPS) is 18.7. The summed E-state index contributed by atoms with van der Waals surface area (Å²) in [6.45, 7) is 2.61. The summed E-state index contributed by atoms with van der Waals surface area (Å²) in [5.41, 5.74) is 1.88. The first-order valence-electron chi connectivity index (χ1n) is 7.42. The van der Waals surface area contributed by atoms with Gasteiger partial charge in [0.15, 0.2) is 0 Å². The van der Waals surface area contributed by atoms with Crippen LogP contribution in [-0.4, -0.2) is 47.8 Å². The Balaban J connectivity index is 1.57. The van der Waals surface area contributed by atoms with Crippen molar-refractivity contribution in [3.63, 3.8) is 0 Å². The van der Waals surface area contributed by atoms with Crippen LogP contribution in [0.25, 0.3) is 0 Å². The first-order valence-corrected chi connectivity index (χ1v) is 8.54. The van der Waals surface area contributed by atoms with E-state index >= 15 is 0 Å². The summed E-state index contributed by atoms with van der Waals surface area (Å²) in [6, 6.07) is 7.69. The van der Waals surface area contributed by atoms with Crippen LogP contribution in [0.4, 0.5) is 0 Å². The molecule has 1 aromatic rings. The van der Waals surface area contributed by atoms with E-state index in [4.69, 9.17) is 0 Å². The molecular formula is C16H19BrN2O2. The van der Waals surface area contributed by atoms with E-state index in [-0.39, 0.29) is 17.7 Å². The summed E-state index contributed by atoms with van der Waals surface area (Å²) in [6.07, 6.45) is 2.08. The Kier molecular flexibility index (Phi) is 4.29. The predicted octanol–water partition coefficient (Wildman–Crippen LogP) is 2.28. The van der Waals surface area contributed by atoms with E-state index in [2.05, 4.69) is 15.9 Å². The van der Waals surface area contributed by atoms with Crippen molar-refractivity contribution in [2.45, 2.75) is 18.2 Å². The van der Waals surface area contributed by atoms with Crippen LogP contribution in [0.15, 0.2) is 24.3 Å². The quantitative estimate of drug-likeness (QED) is 0.784. The Morgan fingerprint density at radius 3 is 2.10 bits per heavy atom. The zero-order valence-corrected chi connectivity index (χ0v) is 13.5. The number of nitrogens with zero attached hydrogens (tertiary/aromatic N) is 2. The molecule has 112 valence electrons. The molecule has 0 atom stereocenters. The van der Waals surface area contributed by atoms with Gasteiger partial charge in [-0.1, -0.05) is 28.1 Å². The Bertz CT molecular complexity index is 532. The highest BCUT2D eigenvalue weighted by molar-refractivity contribution is 9.08. The molecule has 2 amide bonds. The monoisotopic (exact) mass is 350 g/mol. The number of halogens is 1. The second-order valence-electron chi connectivity index (χ2n) is 5.72. The molecule has 2 fully saturated rings. The van der Waals surface area contributed by atoms with E-state index in [0.717, 1.165) is 29.3 Å². The maximum Gasteiger partial charge on any atom is 0.253 e. The highest BCUT2D eigenvalue weighted by atomic mass is 79.9. The van der Waals surface area contributed by atoms with Crippen LogP contribution in [0.2, 0.25) is 0 Å². The van der Waals surface area contributed by atoms with Crippen LogP contribution < -0.4 is 0 Å². The lowest BCUT2D eigenvalue weighted by Gasteiger charge is -2.35. The molecule has 1 aliphatic heterocycles. The van der Waals surface area contributed by atoms with Crippen LogP contribution in [-0.2, 0) is 10.1 Å². The first kappa shape index (κ1) is 14.6. The smallest absolute Gasteiger partial charge is 0.253 e. The number of hydrogen-bond acceptors (Lipinski definition) is 2. The van der Waals surface area contributed by atoms with Gasteiger partial charge in [0.1, 0.15) is 0 Å². The second kappa shape index (κ2) is 6.18. The maximum atomic E-state index is 12.4. The van der Waals surface area contributed by atoms with Crippen molar-refractivity contribution < 1.29 is 9.59 Å². The fourth-order valence-electron chi connectivity index (χ4n) is 2.64. The average molecular weight is 351 g/mol. The highest BCUT2D eigenvalue weighted by Gasteiger charge is 2.35. The van der Waals surface area contributed by atoms with Gasteiger partial charge in [0, 0.05) is 43.0 Å². The van der Waals surface area contributed by atoms with Crippen molar-refractivity contribution in [2.24, 2.45) is 5.92 Å². The minimum Gasteiger partial charge on any atom is -0.339 e. The molecule has 2 aliphatic rings. The summed E-state index contributed by atoms with van der Waals surface area (Å²) >= 11 is 3.40. The van der Waals surface area contributed by atoms with Gasteiger partial charge in [0.05, 0.1) is 0 Å². The topological polar surface area (TPSA) is 40.6 Å². The zero-order valence-electron chi connectivity index (χ0n) is 11.9. The maximum absolute atomic E-state index is 12.4. The predicted molar refractivity (Wildman–Crippen MR) is 84.3 cm³/mol. The number of hydrogen-bond donors (Lipinski definition) is 0. The van der Waals surface area contributed by atoms with Crippen molar-refractivity contribution in [3.05, 3.63) is 35.4 Å². The van der Waals surface area contributed by atoms with Gasteiger partial charge in [-0.3, -0.25) is 9.59 Å². The summed E-state index contributed by atoms with van der Waals surface area (Å²) in [4.78, 5) is 28.2. The minimum atomic E-state index is 0.0645.